The molecule has 0 bridgehead atoms. The molecule has 0 radical (unpaired) electrons. The fourth-order valence-corrected chi connectivity index (χ4v) is 6.74. The maximum atomic E-state index is 13.9. The molecule has 1 fully saturated rings. The number of ketones is 2. The summed E-state index contributed by atoms with van der Waals surface area (Å²) in [6.07, 6.45) is 3.35. The lowest BCUT2D eigenvalue weighted by molar-refractivity contribution is -0.139. The van der Waals surface area contributed by atoms with Crippen molar-refractivity contribution < 1.29 is 19.2 Å². The fraction of sp³-hybridized carbons (Fsp3) is 0.556. The maximum Gasteiger partial charge on any atom is 0.226 e. The molecule has 1 heterocycles. The van der Waals surface area contributed by atoms with Gasteiger partial charge in [0, 0.05) is 43.5 Å². The summed E-state index contributed by atoms with van der Waals surface area (Å²) in [5.41, 5.74) is 14.0. The van der Waals surface area contributed by atoms with Crippen LogP contribution < -0.4 is 16.8 Å². The van der Waals surface area contributed by atoms with Gasteiger partial charge in [0.25, 0.3) is 0 Å². The van der Waals surface area contributed by atoms with E-state index >= 15 is 0 Å². The third-order valence-corrected chi connectivity index (χ3v) is 9.40. The number of amides is 2. The summed E-state index contributed by atoms with van der Waals surface area (Å²) in [6.45, 7) is 5.84. The van der Waals surface area contributed by atoms with E-state index in [0.717, 1.165) is 29.1 Å². The first kappa shape index (κ1) is 36.5. The third-order valence-electron chi connectivity index (χ3n) is 8.36. The average molecular weight is 637 g/mol. The van der Waals surface area contributed by atoms with E-state index in [1.54, 1.807) is 0 Å². The number of thioether (sulfide) groups is 1. The van der Waals surface area contributed by atoms with Crippen molar-refractivity contribution in [2.75, 3.05) is 31.1 Å². The Balaban J connectivity index is 1.76. The number of nitrogens with two attached hydrogens (primary N) is 2. The SMILES string of the molecule is CC(C)C[C@@H](NC(=O)[C@H](CC(=O)[C@H](N)Cc1ccccc1)Cc1ccccc1)C(=O)C[C@H](CCCN)C(=O)N1CCCSCC1. The van der Waals surface area contributed by atoms with Gasteiger partial charge in [-0.15, -0.1) is 0 Å². The minimum atomic E-state index is -0.753. The zero-order valence-electron chi connectivity index (χ0n) is 27.0. The summed E-state index contributed by atoms with van der Waals surface area (Å²) >= 11 is 1.85. The molecule has 45 heavy (non-hydrogen) atoms. The molecule has 0 spiro atoms. The van der Waals surface area contributed by atoms with Crippen LogP contribution in [0.5, 0.6) is 0 Å². The molecule has 2 aromatic carbocycles. The molecular weight excluding hydrogens is 584 g/mol. The van der Waals surface area contributed by atoms with Gasteiger partial charge < -0.3 is 21.7 Å². The van der Waals surface area contributed by atoms with Crippen molar-refractivity contribution in [3.63, 3.8) is 0 Å². The van der Waals surface area contributed by atoms with Gasteiger partial charge >= 0.3 is 0 Å². The van der Waals surface area contributed by atoms with E-state index in [1.807, 2.05) is 91.2 Å². The maximum absolute atomic E-state index is 13.9. The molecule has 8 nitrogen and oxygen atoms in total. The highest BCUT2D eigenvalue weighted by Gasteiger charge is 2.33. The third kappa shape index (κ3) is 12.7. The van der Waals surface area contributed by atoms with Crippen LogP contribution in [0.25, 0.3) is 0 Å². The van der Waals surface area contributed by atoms with Gasteiger partial charge in [-0.1, -0.05) is 74.5 Å². The summed E-state index contributed by atoms with van der Waals surface area (Å²) in [7, 11) is 0. The number of benzene rings is 2. The Morgan fingerprint density at radius 2 is 1.47 bits per heavy atom. The van der Waals surface area contributed by atoms with Crippen LogP contribution in [0.2, 0.25) is 0 Å². The van der Waals surface area contributed by atoms with E-state index in [-0.39, 0.29) is 42.1 Å². The summed E-state index contributed by atoms with van der Waals surface area (Å²) in [5.74, 6) is 0.234. The van der Waals surface area contributed by atoms with Crippen LogP contribution >= 0.6 is 11.8 Å². The van der Waals surface area contributed by atoms with Crippen LogP contribution in [0.15, 0.2) is 60.7 Å². The second-order valence-electron chi connectivity index (χ2n) is 12.6. The Bertz CT molecular complexity index is 1200. The molecule has 0 aromatic heterocycles. The molecule has 2 amide bonds. The molecule has 0 unspecified atom stereocenters. The largest absolute Gasteiger partial charge is 0.346 e. The van der Waals surface area contributed by atoms with Crippen molar-refractivity contribution in [2.45, 2.75) is 77.3 Å². The molecule has 5 N–H and O–H groups in total. The van der Waals surface area contributed by atoms with Crippen LogP contribution in [0.1, 0.15) is 63.5 Å². The summed E-state index contributed by atoms with van der Waals surface area (Å²) in [4.78, 5) is 56.5. The van der Waals surface area contributed by atoms with E-state index in [0.29, 0.717) is 51.7 Å². The minimum absolute atomic E-state index is 0.00822. The number of rotatable bonds is 18. The number of nitrogens with zero attached hydrogens (tertiary/aromatic N) is 1. The van der Waals surface area contributed by atoms with Crippen molar-refractivity contribution in [1.29, 1.82) is 0 Å². The summed E-state index contributed by atoms with van der Waals surface area (Å²) in [5, 5.41) is 3.02. The standard InChI is InChI=1S/C36H52N4O4S/c1-26(2)21-32(34(42)24-29(15-9-16-37)36(44)40-17-10-19-45-20-18-40)39-35(43)30(22-27-11-5-3-6-12-27)25-33(41)31(38)23-28-13-7-4-8-14-28/h3-8,11-14,26,29-32H,9-10,15-25,37-38H2,1-2H3,(H,39,43)/t29-,30-,31+,32+/m0/s1. The molecule has 1 aliphatic rings. The first-order valence-electron chi connectivity index (χ1n) is 16.4. The first-order chi connectivity index (χ1) is 21.7. The van der Waals surface area contributed by atoms with Crippen LogP contribution in [-0.2, 0) is 32.0 Å². The topological polar surface area (TPSA) is 136 Å². The van der Waals surface area contributed by atoms with Gasteiger partial charge in [-0.05, 0) is 67.9 Å². The highest BCUT2D eigenvalue weighted by molar-refractivity contribution is 7.99. The van der Waals surface area contributed by atoms with E-state index in [9.17, 15) is 19.2 Å². The van der Waals surface area contributed by atoms with E-state index in [2.05, 4.69) is 5.32 Å². The second-order valence-corrected chi connectivity index (χ2v) is 13.9. The highest BCUT2D eigenvalue weighted by atomic mass is 32.2. The van der Waals surface area contributed by atoms with Crippen LogP contribution in [0, 0.1) is 17.8 Å². The molecule has 0 aliphatic carbocycles. The highest BCUT2D eigenvalue weighted by Crippen LogP contribution is 2.22. The molecule has 246 valence electrons. The second kappa shape index (κ2) is 19.5. The molecule has 2 aromatic rings. The van der Waals surface area contributed by atoms with Crippen LogP contribution in [0.3, 0.4) is 0 Å². The van der Waals surface area contributed by atoms with Crippen molar-refractivity contribution in [1.82, 2.24) is 10.2 Å². The number of carbonyl (C=O) groups excluding carboxylic acids is 4. The number of carbonyl (C=O) groups is 4. The number of nitrogens with one attached hydrogen (secondary N) is 1. The van der Waals surface area contributed by atoms with Gasteiger partial charge in [0.1, 0.15) is 0 Å². The van der Waals surface area contributed by atoms with Gasteiger partial charge in [-0.25, -0.2) is 0 Å². The Morgan fingerprint density at radius 3 is 2.09 bits per heavy atom. The Labute approximate surface area is 273 Å². The Kier molecular flexibility index (Phi) is 15.8. The van der Waals surface area contributed by atoms with Gasteiger partial charge in [0.05, 0.1) is 12.1 Å². The molecule has 1 aliphatic heterocycles. The predicted octanol–water partition coefficient (Wildman–Crippen LogP) is 4.19. The van der Waals surface area contributed by atoms with Crippen molar-refractivity contribution in [3.05, 3.63) is 71.8 Å². The van der Waals surface area contributed by atoms with E-state index in [4.69, 9.17) is 11.5 Å². The first-order valence-corrected chi connectivity index (χ1v) is 17.6. The summed E-state index contributed by atoms with van der Waals surface area (Å²) < 4.78 is 0. The lowest BCUT2D eigenvalue weighted by Crippen LogP contribution is -2.47. The summed E-state index contributed by atoms with van der Waals surface area (Å²) in [6, 6.07) is 17.7. The molecule has 9 heteroatoms. The molecular formula is C36H52N4O4S. The van der Waals surface area contributed by atoms with Gasteiger partial charge in [0.15, 0.2) is 11.6 Å². The van der Waals surface area contributed by atoms with Gasteiger partial charge in [0.2, 0.25) is 11.8 Å². The van der Waals surface area contributed by atoms with E-state index < -0.39 is 23.9 Å². The van der Waals surface area contributed by atoms with E-state index in [1.165, 1.54) is 0 Å². The predicted molar refractivity (Wildman–Crippen MR) is 183 cm³/mol. The van der Waals surface area contributed by atoms with Crippen LogP contribution in [0.4, 0.5) is 0 Å². The van der Waals surface area contributed by atoms with Crippen molar-refractivity contribution >= 4 is 35.1 Å². The quantitative estimate of drug-likeness (QED) is 0.223. The fourth-order valence-electron chi connectivity index (χ4n) is 5.85. The Hall–Kier alpha value is -3.01. The monoisotopic (exact) mass is 636 g/mol. The minimum Gasteiger partial charge on any atom is -0.346 e. The molecule has 1 saturated heterocycles. The molecule has 0 saturated carbocycles. The average Bonchev–Trinajstić information content (AvgIpc) is 3.32. The molecule has 3 rings (SSSR count). The molecule has 4 atom stereocenters. The smallest absolute Gasteiger partial charge is 0.226 e. The number of Topliss-reactive ketones (excluding diaryl/α,β-unsaturated/α-hetero) is 2. The zero-order valence-corrected chi connectivity index (χ0v) is 27.8. The van der Waals surface area contributed by atoms with Crippen LogP contribution in [-0.4, -0.2) is 71.5 Å². The Morgan fingerprint density at radius 1 is 0.844 bits per heavy atom. The lowest BCUT2D eigenvalue weighted by Gasteiger charge is -2.28. The van der Waals surface area contributed by atoms with Crippen molar-refractivity contribution in [3.8, 4) is 0 Å². The van der Waals surface area contributed by atoms with Crippen molar-refractivity contribution in [2.24, 2.45) is 29.2 Å². The number of hydrogen-bond acceptors (Lipinski definition) is 7. The zero-order chi connectivity index (χ0) is 32.6. The normalized spacial score (nSPS) is 16.3. The van der Waals surface area contributed by atoms with Gasteiger partial charge in [-0.3, -0.25) is 19.2 Å². The lowest BCUT2D eigenvalue weighted by atomic mass is 9.87. The number of hydrogen-bond donors (Lipinski definition) is 3. The van der Waals surface area contributed by atoms with Gasteiger partial charge in [-0.2, -0.15) is 11.8 Å².